The van der Waals surface area contributed by atoms with Gasteiger partial charge in [0.25, 0.3) is 0 Å². The van der Waals surface area contributed by atoms with E-state index in [9.17, 15) is 0 Å². The molecule has 0 aliphatic heterocycles. The summed E-state index contributed by atoms with van der Waals surface area (Å²) in [6.45, 7) is 2.03. The zero-order valence-corrected chi connectivity index (χ0v) is 8.40. The number of oxime groups is 1. The lowest BCUT2D eigenvalue weighted by Crippen LogP contribution is -2.52. The minimum absolute atomic E-state index is 0.124. The summed E-state index contributed by atoms with van der Waals surface area (Å²) in [5.41, 5.74) is 4.59. The van der Waals surface area contributed by atoms with E-state index in [4.69, 9.17) is 21.2 Å². The van der Waals surface area contributed by atoms with E-state index in [1.807, 2.05) is 6.92 Å². The van der Waals surface area contributed by atoms with Crippen LogP contribution in [0.3, 0.4) is 0 Å². The van der Waals surface area contributed by atoms with Gasteiger partial charge in [-0.3, -0.25) is 0 Å². The van der Waals surface area contributed by atoms with Crippen LogP contribution in [0.15, 0.2) is 5.16 Å². The van der Waals surface area contributed by atoms with Gasteiger partial charge in [0.1, 0.15) is 5.84 Å². The number of rotatable bonds is 7. The summed E-state index contributed by atoms with van der Waals surface area (Å²) in [6.07, 6.45) is 0.981. The molecule has 0 heterocycles. The molecule has 0 amide bonds. The number of nitrogens with one attached hydrogen (secondary N) is 1. The first-order chi connectivity index (χ1) is 6.64. The molecule has 0 aliphatic rings. The van der Waals surface area contributed by atoms with Gasteiger partial charge in [-0.15, -0.1) is 0 Å². The van der Waals surface area contributed by atoms with Crippen molar-refractivity contribution in [3.05, 3.63) is 0 Å². The summed E-state index contributed by atoms with van der Waals surface area (Å²) in [5, 5.41) is 32.2. The Morgan fingerprint density at radius 3 is 2.36 bits per heavy atom. The highest BCUT2D eigenvalue weighted by Crippen LogP contribution is 2.07. The lowest BCUT2D eigenvalue weighted by molar-refractivity contribution is 0.0886. The van der Waals surface area contributed by atoms with Gasteiger partial charge in [0.05, 0.1) is 18.8 Å². The maximum atomic E-state index is 9.07. The second-order valence-corrected chi connectivity index (χ2v) is 3.22. The van der Waals surface area contributed by atoms with E-state index in [1.54, 1.807) is 0 Å². The van der Waals surface area contributed by atoms with Crippen LogP contribution in [0.25, 0.3) is 0 Å². The Morgan fingerprint density at radius 1 is 1.43 bits per heavy atom. The number of nitrogens with two attached hydrogens (primary N) is 1. The van der Waals surface area contributed by atoms with Crippen molar-refractivity contribution in [2.45, 2.75) is 25.3 Å². The van der Waals surface area contributed by atoms with Crippen molar-refractivity contribution >= 4 is 5.84 Å². The summed E-state index contributed by atoms with van der Waals surface area (Å²) in [5.74, 6) is 0.124. The number of amidine groups is 1. The van der Waals surface area contributed by atoms with Crippen LogP contribution in [0.4, 0.5) is 0 Å². The molecule has 0 bridgehead atoms. The van der Waals surface area contributed by atoms with Crippen molar-refractivity contribution in [1.29, 1.82) is 0 Å². The fraction of sp³-hybridized carbons (Fsp3) is 0.875. The van der Waals surface area contributed by atoms with Crippen LogP contribution in [0.2, 0.25) is 0 Å². The number of aliphatic hydroxyl groups is 2. The average molecular weight is 205 g/mol. The third-order valence-corrected chi connectivity index (χ3v) is 2.29. The van der Waals surface area contributed by atoms with Crippen molar-refractivity contribution < 1.29 is 15.4 Å². The predicted octanol–water partition coefficient (Wildman–Crippen LogP) is -1.15. The highest BCUT2D eigenvalue weighted by Gasteiger charge is 2.25. The summed E-state index contributed by atoms with van der Waals surface area (Å²) in [4.78, 5) is 0. The minimum Gasteiger partial charge on any atom is -0.409 e. The Bertz CT molecular complexity index is 172. The Balaban J connectivity index is 3.94. The van der Waals surface area contributed by atoms with Crippen molar-refractivity contribution in [2.75, 3.05) is 19.8 Å². The molecule has 6 N–H and O–H groups in total. The fourth-order valence-corrected chi connectivity index (χ4v) is 1.02. The van der Waals surface area contributed by atoms with Crippen LogP contribution in [-0.4, -0.2) is 46.6 Å². The second kappa shape index (κ2) is 6.58. The van der Waals surface area contributed by atoms with Gasteiger partial charge in [-0.25, -0.2) is 0 Å². The quantitative estimate of drug-likeness (QED) is 0.156. The molecule has 0 saturated heterocycles. The van der Waals surface area contributed by atoms with Gasteiger partial charge in [-0.05, 0) is 6.42 Å². The highest BCUT2D eigenvalue weighted by molar-refractivity contribution is 5.79. The molecule has 6 heteroatoms. The summed E-state index contributed by atoms with van der Waals surface area (Å²) < 4.78 is 0. The summed E-state index contributed by atoms with van der Waals surface area (Å²) in [6, 6.07) is 0. The SMILES string of the molecule is CCC(CO)(CO)NCCC(N)=NO. The maximum Gasteiger partial charge on any atom is 0.140 e. The van der Waals surface area contributed by atoms with Gasteiger partial charge < -0.3 is 26.5 Å². The Hall–Kier alpha value is -0.850. The topological polar surface area (TPSA) is 111 Å². The largest absolute Gasteiger partial charge is 0.409 e. The molecule has 0 aromatic rings. The third-order valence-electron chi connectivity index (χ3n) is 2.29. The molecule has 6 nitrogen and oxygen atoms in total. The van der Waals surface area contributed by atoms with Crippen LogP contribution in [0, 0.1) is 0 Å². The zero-order valence-electron chi connectivity index (χ0n) is 8.40. The number of hydrogen-bond donors (Lipinski definition) is 5. The number of hydrogen-bond acceptors (Lipinski definition) is 5. The van der Waals surface area contributed by atoms with Crippen molar-refractivity contribution in [3.8, 4) is 0 Å². The molecule has 0 rings (SSSR count). The first-order valence-electron chi connectivity index (χ1n) is 4.57. The van der Waals surface area contributed by atoms with E-state index in [2.05, 4.69) is 10.5 Å². The predicted molar refractivity (Wildman–Crippen MR) is 53.2 cm³/mol. The van der Waals surface area contributed by atoms with Gasteiger partial charge in [0, 0.05) is 13.0 Å². The zero-order chi connectivity index (χ0) is 11.0. The lowest BCUT2D eigenvalue weighted by Gasteiger charge is -2.29. The lowest BCUT2D eigenvalue weighted by atomic mass is 9.98. The Labute approximate surface area is 83.4 Å². The van der Waals surface area contributed by atoms with Gasteiger partial charge in [-0.1, -0.05) is 12.1 Å². The molecular weight excluding hydrogens is 186 g/mol. The fourth-order valence-electron chi connectivity index (χ4n) is 1.02. The molecule has 0 aliphatic carbocycles. The van der Waals surface area contributed by atoms with Crippen molar-refractivity contribution in [1.82, 2.24) is 5.32 Å². The Morgan fingerprint density at radius 2 is 2.00 bits per heavy atom. The molecule has 0 spiro atoms. The van der Waals surface area contributed by atoms with Crippen molar-refractivity contribution in [3.63, 3.8) is 0 Å². The highest BCUT2D eigenvalue weighted by atomic mass is 16.4. The van der Waals surface area contributed by atoms with Crippen LogP contribution in [-0.2, 0) is 0 Å². The molecule has 0 radical (unpaired) electrons. The molecule has 14 heavy (non-hydrogen) atoms. The summed E-state index contributed by atoms with van der Waals surface area (Å²) >= 11 is 0. The van der Waals surface area contributed by atoms with Gasteiger partial charge in [0.15, 0.2) is 0 Å². The van der Waals surface area contributed by atoms with E-state index in [-0.39, 0.29) is 19.0 Å². The molecule has 0 aromatic heterocycles. The Kier molecular flexibility index (Phi) is 6.18. The van der Waals surface area contributed by atoms with Crippen molar-refractivity contribution in [2.24, 2.45) is 10.9 Å². The van der Waals surface area contributed by atoms with E-state index >= 15 is 0 Å². The second-order valence-electron chi connectivity index (χ2n) is 3.22. The van der Waals surface area contributed by atoms with Gasteiger partial charge in [-0.2, -0.15) is 0 Å². The normalized spacial score (nSPS) is 13.2. The third kappa shape index (κ3) is 3.91. The standard InChI is InChI=1S/C8H19N3O3/c1-2-8(5-12,6-13)10-4-3-7(9)11-14/h10,12-14H,2-6H2,1H3,(H2,9,11). The first-order valence-corrected chi connectivity index (χ1v) is 4.57. The first kappa shape index (κ1) is 13.2. The maximum absolute atomic E-state index is 9.07. The van der Waals surface area contributed by atoms with Gasteiger partial charge in [0.2, 0.25) is 0 Å². The molecular formula is C8H19N3O3. The smallest absolute Gasteiger partial charge is 0.140 e. The summed E-state index contributed by atoms with van der Waals surface area (Å²) in [7, 11) is 0. The molecule has 0 saturated carbocycles. The van der Waals surface area contributed by atoms with E-state index < -0.39 is 5.54 Å². The molecule has 0 unspecified atom stereocenters. The van der Waals surface area contributed by atoms with Crippen LogP contribution >= 0.6 is 0 Å². The molecule has 0 fully saturated rings. The van der Waals surface area contributed by atoms with Crippen LogP contribution in [0.5, 0.6) is 0 Å². The van der Waals surface area contributed by atoms with E-state index in [1.165, 1.54) is 0 Å². The molecule has 0 aromatic carbocycles. The monoisotopic (exact) mass is 205 g/mol. The van der Waals surface area contributed by atoms with E-state index in [0.29, 0.717) is 19.4 Å². The van der Waals surface area contributed by atoms with E-state index in [0.717, 1.165) is 0 Å². The molecule has 0 atom stereocenters. The minimum atomic E-state index is -0.671. The van der Waals surface area contributed by atoms with Gasteiger partial charge >= 0.3 is 0 Å². The number of nitrogens with zero attached hydrogens (tertiary/aromatic N) is 1. The number of aliphatic hydroxyl groups excluding tert-OH is 2. The molecule has 84 valence electrons. The average Bonchev–Trinajstić information content (AvgIpc) is 2.25. The van der Waals surface area contributed by atoms with Crippen LogP contribution < -0.4 is 11.1 Å². The van der Waals surface area contributed by atoms with Crippen LogP contribution in [0.1, 0.15) is 19.8 Å².